The smallest absolute Gasteiger partial charge is 0.418 e. The van der Waals surface area contributed by atoms with Crippen molar-refractivity contribution in [3.05, 3.63) is 155 Å². The lowest BCUT2D eigenvalue weighted by Gasteiger charge is -2.17. The number of aromatic carboxylic acids is 1. The predicted molar refractivity (Wildman–Crippen MR) is 168 cm³/mol. The molecule has 5 aromatic carbocycles. The lowest BCUT2D eigenvalue weighted by atomic mass is 9.91. The molecule has 45 heavy (non-hydrogen) atoms. The Morgan fingerprint density at radius 1 is 0.733 bits per heavy atom. The molecule has 0 aliphatic carbocycles. The molecule has 0 bridgehead atoms. The molecule has 0 fully saturated rings. The summed E-state index contributed by atoms with van der Waals surface area (Å²) in [5.74, 6) is -1.35. The van der Waals surface area contributed by atoms with Crippen molar-refractivity contribution in [1.29, 1.82) is 0 Å². The van der Waals surface area contributed by atoms with Crippen LogP contribution in [0.3, 0.4) is 0 Å². The summed E-state index contributed by atoms with van der Waals surface area (Å²) in [4.78, 5) is 29.4. The third-order valence-corrected chi connectivity index (χ3v) is 7.55. The summed E-state index contributed by atoms with van der Waals surface area (Å²) >= 11 is 0. The fourth-order valence-electron chi connectivity index (χ4n) is 5.39. The number of rotatable bonds is 8. The number of carbonyl (C=O) groups is 2. The minimum Gasteiger partial charge on any atom is -0.478 e. The van der Waals surface area contributed by atoms with Gasteiger partial charge in [-0.25, -0.2) is 4.79 Å². The van der Waals surface area contributed by atoms with Crippen molar-refractivity contribution in [2.24, 2.45) is 0 Å². The number of carboxylic acids is 1. The summed E-state index contributed by atoms with van der Waals surface area (Å²) in [5.41, 5.74) is 3.67. The summed E-state index contributed by atoms with van der Waals surface area (Å²) in [5, 5.41) is 13.1. The summed E-state index contributed by atoms with van der Waals surface area (Å²) in [7, 11) is 0. The van der Waals surface area contributed by atoms with E-state index in [-0.39, 0.29) is 27.8 Å². The van der Waals surface area contributed by atoms with Crippen LogP contribution in [0.15, 0.2) is 128 Å². The number of hydrogen-bond acceptors (Lipinski definition) is 4. The maximum Gasteiger partial charge on any atom is 0.418 e. The highest BCUT2D eigenvalue weighted by atomic mass is 19.4. The number of anilines is 1. The zero-order valence-electron chi connectivity index (χ0n) is 23.7. The third kappa shape index (κ3) is 6.03. The molecule has 1 heterocycles. The first-order valence-electron chi connectivity index (χ1n) is 14.1. The van der Waals surface area contributed by atoms with E-state index in [4.69, 9.17) is 0 Å². The Labute approximate surface area is 256 Å². The molecule has 222 valence electrons. The van der Waals surface area contributed by atoms with E-state index >= 15 is 0 Å². The quantitative estimate of drug-likeness (QED) is 0.170. The van der Waals surface area contributed by atoms with Crippen LogP contribution in [0.2, 0.25) is 0 Å². The molecule has 8 heteroatoms. The maximum absolute atomic E-state index is 13.9. The molecule has 0 radical (unpaired) electrons. The number of halogens is 3. The van der Waals surface area contributed by atoms with Gasteiger partial charge in [0.15, 0.2) is 5.78 Å². The van der Waals surface area contributed by atoms with Crippen LogP contribution in [0, 0.1) is 0 Å². The Bertz CT molecular complexity index is 2040. The second-order valence-corrected chi connectivity index (χ2v) is 10.4. The Hall–Kier alpha value is -5.76. The van der Waals surface area contributed by atoms with Crippen LogP contribution >= 0.6 is 0 Å². The first-order valence-corrected chi connectivity index (χ1v) is 14.1. The van der Waals surface area contributed by atoms with Crippen molar-refractivity contribution in [1.82, 2.24) is 4.98 Å². The molecule has 0 saturated heterocycles. The molecule has 6 rings (SSSR count). The van der Waals surface area contributed by atoms with Crippen LogP contribution in [-0.4, -0.2) is 21.8 Å². The highest BCUT2D eigenvalue weighted by Crippen LogP contribution is 2.39. The molecule has 0 aliphatic heterocycles. The van der Waals surface area contributed by atoms with Crippen molar-refractivity contribution < 1.29 is 27.9 Å². The molecule has 6 aromatic rings. The Kier molecular flexibility index (Phi) is 7.87. The van der Waals surface area contributed by atoms with E-state index in [0.29, 0.717) is 34.5 Å². The molecule has 2 N–H and O–H groups in total. The van der Waals surface area contributed by atoms with Gasteiger partial charge in [-0.2, -0.15) is 13.2 Å². The highest BCUT2D eigenvalue weighted by Gasteiger charge is 2.34. The number of para-hydroxylation sites is 1. The molecule has 0 spiro atoms. The fourth-order valence-corrected chi connectivity index (χ4v) is 5.39. The van der Waals surface area contributed by atoms with Crippen molar-refractivity contribution in [2.45, 2.75) is 12.7 Å². The van der Waals surface area contributed by atoms with Gasteiger partial charge in [0.25, 0.3) is 0 Å². The zero-order chi connectivity index (χ0) is 31.6. The molecule has 0 unspecified atom stereocenters. The van der Waals surface area contributed by atoms with Gasteiger partial charge in [0, 0.05) is 40.5 Å². The number of nitrogens with zero attached hydrogens (tertiary/aromatic N) is 1. The second-order valence-electron chi connectivity index (χ2n) is 10.4. The molecule has 1 aromatic heterocycles. The van der Waals surface area contributed by atoms with Crippen LogP contribution in [-0.2, 0) is 12.7 Å². The van der Waals surface area contributed by atoms with Crippen molar-refractivity contribution in [3.8, 4) is 22.3 Å². The van der Waals surface area contributed by atoms with Gasteiger partial charge in [-0.1, -0.05) is 97.1 Å². The second kappa shape index (κ2) is 12.1. The van der Waals surface area contributed by atoms with Gasteiger partial charge in [0.05, 0.1) is 16.6 Å². The van der Waals surface area contributed by atoms with E-state index < -0.39 is 17.7 Å². The largest absolute Gasteiger partial charge is 0.478 e. The van der Waals surface area contributed by atoms with E-state index in [2.05, 4.69) is 10.3 Å². The van der Waals surface area contributed by atoms with E-state index in [1.54, 1.807) is 78.9 Å². The average molecular weight is 603 g/mol. The van der Waals surface area contributed by atoms with Gasteiger partial charge in [-0.15, -0.1) is 0 Å². The van der Waals surface area contributed by atoms with Gasteiger partial charge in [0.1, 0.15) is 0 Å². The number of aromatic nitrogens is 1. The number of nitrogens with one attached hydrogen (secondary N) is 1. The van der Waals surface area contributed by atoms with Gasteiger partial charge in [0.2, 0.25) is 0 Å². The van der Waals surface area contributed by atoms with Gasteiger partial charge in [-0.3, -0.25) is 9.78 Å². The molecule has 0 amide bonds. The maximum atomic E-state index is 13.9. The zero-order valence-corrected chi connectivity index (χ0v) is 23.7. The van der Waals surface area contributed by atoms with Gasteiger partial charge in [-0.05, 0) is 46.5 Å². The SMILES string of the molecule is O=C(O)c1ccccc1-c1ccc(CNc2cccc(-c3c(C(=O)c4ccccc4)cnc4c(C(F)(F)F)cccc34)c2)cc1. The third-order valence-electron chi connectivity index (χ3n) is 7.55. The Morgan fingerprint density at radius 2 is 1.44 bits per heavy atom. The molecule has 0 aliphatic rings. The van der Waals surface area contributed by atoms with Crippen LogP contribution in [0.4, 0.5) is 18.9 Å². The number of carboxylic acid groups (broad SMARTS) is 1. The van der Waals surface area contributed by atoms with Crippen LogP contribution in [0.5, 0.6) is 0 Å². The first-order chi connectivity index (χ1) is 21.7. The van der Waals surface area contributed by atoms with E-state index in [1.165, 1.54) is 12.3 Å². The number of pyridine rings is 1. The first kappa shape index (κ1) is 29.3. The highest BCUT2D eigenvalue weighted by molar-refractivity contribution is 6.16. The minimum atomic E-state index is -4.62. The Balaban J connectivity index is 1.35. The van der Waals surface area contributed by atoms with Crippen molar-refractivity contribution >= 4 is 28.3 Å². The topological polar surface area (TPSA) is 79.3 Å². The van der Waals surface area contributed by atoms with E-state index in [0.717, 1.165) is 17.2 Å². The van der Waals surface area contributed by atoms with Gasteiger partial charge >= 0.3 is 12.1 Å². The van der Waals surface area contributed by atoms with Gasteiger partial charge < -0.3 is 10.4 Å². The minimum absolute atomic E-state index is 0.197. The normalized spacial score (nSPS) is 11.4. The number of ketones is 1. The molecule has 0 saturated carbocycles. The van der Waals surface area contributed by atoms with Crippen LogP contribution < -0.4 is 5.32 Å². The fraction of sp³-hybridized carbons (Fsp3) is 0.0541. The van der Waals surface area contributed by atoms with Crippen molar-refractivity contribution in [2.75, 3.05) is 5.32 Å². The summed E-state index contributed by atoms with van der Waals surface area (Å²) in [6.07, 6.45) is -3.39. The molecule has 5 nitrogen and oxygen atoms in total. The standard InChI is InChI=1S/C37H25F3N2O3/c38-37(39,40)32-15-7-14-30-33(31(22-42-34(30)32)35(43)25-8-2-1-3-9-25)26-10-6-11-27(20-26)41-21-23-16-18-24(19-17-23)28-12-4-5-13-29(28)36(44)45/h1-20,22,41H,21H2,(H,44,45). The molecule has 0 atom stereocenters. The summed E-state index contributed by atoms with van der Waals surface area (Å²) in [6, 6.07) is 33.9. The lowest BCUT2D eigenvalue weighted by Crippen LogP contribution is -2.09. The van der Waals surface area contributed by atoms with E-state index in [1.807, 2.05) is 30.3 Å². The number of fused-ring (bicyclic) bond motifs is 1. The predicted octanol–water partition coefficient (Wildman–Crippen LogP) is 9.13. The van der Waals surface area contributed by atoms with Crippen LogP contribution in [0.25, 0.3) is 33.2 Å². The van der Waals surface area contributed by atoms with Crippen LogP contribution in [0.1, 0.15) is 37.4 Å². The number of benzene rings is 5. The number of alkyl halides is 3. The lowest BCUT2D eigenvalue weighted by molar-refractivity contribution is -0.136. The monoisotopic (exact) mass is 602 g/mol. The Morgan fingerprint density at radius 3 is 2.18 bits per heavy atom. The van der Waals surface area contributed by atoms with Crippen molar-refractivity contribution in [3.63, 3.8) is 0 Å². The average Bonchev–Trinajstić information content (AvgIpc) is 3.06. The molecular weight excluding hydrogens is 577 g/mol. The summed E-state index contributed by atoms with van der Waals surface area (Å²) in [6.45, 7) is 0.426. The van der Waals surface area contributed by atoms with E-state index in [9.17, 15) is 27.9 Å². The number of carbonyl (C=O) groups excluding carboxylic acids is 1. The molecular formula is C37H25F3N2O3. The number of hydrogen-bond donors (Lipinski definition) is 2. The summed E-state index contributed by atoms with van der Waals surface area (Å²) < 4.78 is 41.8.